The van der Waals surface area contributed by atoms with Gasteiger partial charge in [-0.15, -0.1) is 0 Å². The van der Waals surface area contributed by atoms with Crippen LogP contribution in [0.5, 0.6) is 0 Å². The van der Waals surface area contributed by atoms with Gasteiger partial charge in [0.15, 0.2) is 5.69 Å². The van der Waals surface area contributed by atoms with E-state index in [-0.39, 0.29) is 5.97 Å². The van der Waals surface area contributed by atoms with Crippen LogP contribution in [0.1, 0.15) is 29.5 Å². The van der Waals surface area contributed by atoms with E-state index >= 15 is 0 Å². The Bertz CT molecular complexity index is 305. The Morgan fingerprint density at radius 3 is 2.92 bits per heavy atom. The predicted octanol–water partition coefficient (Wildman–Crippen LogP) is 1.16. The molecule has 0 aliphatic rings. The minimum absolute atomic E-state index is 0.377. The maximum atomic E-state index is 11.1. The van der Waals surface area contributed by atoms with E-state index in [9.17, 15) is 4.79 Å². The molecule has 0 atom stereocenters. The molecule has 0 radical (unpaired) electrons. The third kappa shape index (κ3) is 2.08. The molecule has 0 fully saturated rings. The first kappa shape index (κ1) is 9.77. The summed E-state index contributed by atoms with van der Waals surface area (Å²) in [6, 6.07) is 1.77. The maximum absolute atomic E-state index is 11.1. The Kier molecular flexibility index (Phi) is 3.06. The van der Waals surface area contributed by atoms with Gasteiger partial charge in [-0.3, -0.25) is 4.68 Å². The number of carbonyl (C=O) groups is 1. The van der Waals surface area contributed by atoms with Crippen molar-refractivity contribution in [1.29, 1.82) is 0 Å². The highest BCUT2D eigenvalue weighted by atomic mass is 16.5. The van der Waals surface area contributed by atoms with E-state index in [4.69, 9.17) is 0 Å². The summed E-state index contributed by atoms with van der Waals surface area (Å²) in [6.07, 6.45) is 1.97. The molecule has 0 unspecified atom stereocenters. The summed E-state index contributed by atoms with van der Waals surface area (Å²) in [5.41, 5.74) is 1.44. The van der Waals surface area contributed by atoms with Gasteiger partial charge in [-0.2, -0.15) is 5.10 Å². The van der Waals surface area contributed by atoms with Crippen LogP contribution in [0.2, 0.25) is 0 Å². The molecule has 4 nitrogen and oxygen atoms in total. The number of ether oxygens (including phenoxy) is 1. The molecule has 0 aromatic carbocycles. The summed E-state index contributed by atoms with van der Waals surface area (Å²) in [7, 11) is 3.19. The number of hydrogen-bond donors (Lipinski definition) is 0. The van der Waals surface area contributed by atoms with E-state index in [2.05, 4.69) is 16.8 Å². The molecule has 4 heteroatoms. The third-order valence-electron chi connectivity index (χ3n) is 1.88. The van der Waals surface area contributed by atoms with Crippen LogP contribution in [-0.4, -0.2) is 22.9 Å². The second kappa shape index (κ2) is 4.07. The zero-order chi connectivity index (χ0) is 9.84. The predicted molar refractivity (Wildman–Crippen MR) is 48.5 cm³/mol. The molecule has 1 aromatic rings. The lowest BCUT2D eigenvalue weighted by molar-refractivity contribution is 0.0593. The van der Waals surface area contributed by atoms with E-state index in [1.54, 1.807) is 10.7 Å². The highest BCUT2D eigenvalue weighted by Crippen LogP contribution is 2.06. The SMILES string of the molecule is CCCc1cc(C(=O)OC)nn1C. The summed E-state index contributed by atoms with van der Waals surface area (Å²) in [5, 5.41) is 4.04. The van der Waals surface area contributed by atoms with Gasteiger partial charge in [-0.1, -0.05) is 13.3 Å². The lowest BCUT2D eigenvalue weighted by atomic mass is 10.2. The van der Waals surface area contributed by atoms with Crippen LogP contribution < -0.4 is 0 Å². The van der Waals surface area contributed by atoms with Gasteiger partial charge >= 0.3 is 5.97 Å². The summed E-state index contributed by atoms with van der Waals surface area (Å²) in [6.45, 7) is 2.09. The van der Waals surface area contributed by atoms with Crippen LogP contribution in [-0.2, 0) is 18.2 Å². The first-order chi connectivity index (χ1) is 6.19. The first-order valence-electron chi connectivity index (χ1n) is 4.30. The Morgan fingerprint density at radius 1 is 1.69 bits per heavy atom. The summed E-state index contributed by atoms with van der Waals surface area (Å²) < 4.78 is 6.29. The molecular formula is C9H14N2O2. The second-order valence-electron chi connectivity index (χ2n) is 2.89. The van der Waals surface area contributed by atoms with Crippen molar-refractivity contribution < 1.29 is 9.53 Å². The summed E-state index contributed by atoms with van der Waals surface area (Å²) in [4.78, 5) is 11.1. The van der Waals surface area contributed by atoms with Crippen molar-refractivity contribution in [2.75, 3.05) is 7.11 Å². The minimum Gasteiger partial charge on any atom is -0.464 e. The van der Waals surface area contributed by atoms with E-state index in [0.29, 0.717) is 5.69 Å². The molecule has 72 valence electrons. The fraction of sp³-hybridized carbons (Fsp3) is 0.556. The van der Waals surface area contributed by atoms with Crippen LogP contribution in [0.25, 0.3) is 0 Å². The molecule has 13 heavy (non-hydrogen) atoms. The van der Waals surface area contributed by atoms with Gasteiger partial charge in [-0.05, 0) is 12.5 Å². The normalized spacial score (nSPS) is 10.1. The summed E-state index contributed by atoms with van der Waals surface area (Å²) >= 11 is 0. The Balaban J connectivity index is 2.88. The fourth-order valence-corrected chi connectivity index (χ4v) is 1.20. The molecule has 0 aliphatic heterocycles. The molecule has 1 rings (SSSR count). The van der Waals surface area contributed by atoms with Crippen molar-refractivity contribution in [3.63, 3.8) is 0 Å². The lowest BCUT2D eigenvalue weighted by Gasteiger charge is -1.95. The average Bonchev–Trinajstić information content (AvgIpc) is 2.47. The first-order valence-corrected chi connectivity index (χ1v) is 4.30. The van der Waals surface area contributed by atoms with Crippen LogP contribution in [0.15, 0.2) is 6.07 Å². The number of aryl methyl sites for hydroxylation is 2. The van der Waals surface area contributed by atoms with Gasteiger partial charge in [-0.25, -0.2) is 4.79 Å². The van der Waals surface area contributed by atoms with E-state index in [1.165, 1.54) is 7.11 Å². The van der Waals surface area contributed by atoms with Crippen molar-refractivity contribution in [3.05, 3.63) is 17.5 Å². The number of esters is 1. The van der Waals surface area contributed by atoms with Crippen molar-refractivity contribution in [2.45, 2.75) is 19.8 Å². The highest BCUT2D eigenvalue weighted by Gasteiger charge is 2.11. The summed E-state index contributed by atoms with van der Waals surface area (Å²) in [5.74, 6) is -0.377. The molecule has 1 aromatic heterocycles. The number of rotatable bonds is 3. The number of carbonyl (C=O) groups excluding carboxylic acids is 1. The van der Waals surface area contributed by atoms with Gasteiger partial charge in [0.05, 0.1) is 7.11 Å². The monoisotopic (exact) mass is 182 g/mol. The largest absolute Gasteiger partial charge is 0.464 e. The number of nitrogens with zero attached hydrogens (tertiary/aromatic N) is 2. The molecule has 0 saturated heterocycles. The van der Waals surface area contributed by atoms with Crippen LogP contribution in [0, 0.1) is 0 Å². The van der Waals surface area contributed by atoms with Crippen LogP contribution in [0.3, 0.4) is 0 Å². The van der Waals surface area contributed by atoms with Crippen molar-refractivity contribution in [2.24, 2.45) is 7.05 Å². The minimum atomic E-state index is -0.377. The molecule has 0 bridgehead atoms. The number of aromatic nitrogens is 2. The van der Waals surface area contributed by atoms with E-state index < -0.39 is 0 Å². The standard InChI is InChI=1S/C9H14N2O2/c1-4-5-7-6-8(9(12)13-3)10-11(7)2/h6H,4-5H2,1-3H3. The van der Waals surface area contributed by atoms with Crippen molar-refractivity contribution in [1.82, 2.24) is 9.78 Å². The average molecular weight is 182 g/mol. The molecule has 0 aliphatic carbocycles. The van der Waals surface area contributed by atoms with Crippen molar-refractivity contribution in [3.8, 4) is 0 Å². The Morgan fingerprint density at radius 2 is 2.38 bits per heavy atom. The van der Waals surface area contributed by atoms with Crippen LogP contribution in [0.4, 0.5) is 0 Å². The molecule has 0 amide bonds. The van der Waals surface area contributed by atoms with Gasteiger partial charge in [0.2, 0.25) is 0 Å². The lowest BCUT2D eigenvalue weighted by Crippen LogP contribution is -2.03. The van der Waals surface area contributed by atoms with Gasteiger partial charge in [0.1, 0.15) is 0 Å². The maximum Gasteiger partial charge on any atom is 0.358 e. The van der Waals surface area contributed by atoms with Gasteiger partial charge < -0.3 is 4.74 Å². The smallest absolute Gasteiger partial charge is 0.358 e. The van der Waals surface area contributed by atoms with E-state index in [0.717, 1.165) is 18.5 Å². The molecule has 0 spiro atoms. The zero-order valence-electron chi connectivity index (χ0n) is 8.20. The van der Waals surface area contributed by atoms with E-state index in [1.807, 2.05) is 7.05 Å². The topological polar surface area (TPSA) is 44.1 Å². The highest BCUT2D eigenvalue weighted by molar-refractivity contribution is 5.87. The van der Waals surface area contributed by atoms with Crippen molar-refractivity contribution >= 4 is 5.97 Å². The van der Waals surface area contributed by atoms with Gasteiger partial charge in [0, 0.05) is 12.7 Å². The number of methoxy groups -OCH3 is 1. The van der Waals surface area contributed by atoms with Crippen LogP contribution >= 0.6 is 0 Å². The molecule has 0 N–H and O–H groups in total. The Hall–Kier alpha value is -1.32. The third-order valence-corrected chi connectivity index (χ3v) is 1.88. The Labute approximate surface area is 77.5 Å². The molecular weight excluding hydrogens is 168 g/mol. The molecule has 0 saturated carbocycles. The quantitative estimate of drug-likeness (QED) is 0.659. The number of hydrogen-bond acceptors (Lipinski definition) is 3. The molecule has 1 heterocycles. The zero-order valence-corrected chi connectivity index (χ0v) is 8.20. The second-order valence-corrected chi connectivity index (χ2v) is 2.89. The fourth-order valence-electron chi connectivity index (χ4n) is 1.20. The van der Waals surface area contributed by atoms with Gasteiger partial charge in [0.25, 0.3) is 0 Å².